The summed E-state index contributed by atoms with van der Waals surface area (Å²) in [7, 11) is 0. The highest BCUT2D eigenvalue weighted by Gasteiger charge is 2.11. The summed E-state index contributed by atoms with van der Waals surface area (Å²) in [5.74, 6) is -0.184. The molecule has 0 radical (unpaired) electrons. The highest BCUT2D eigenvalue weighted by atomic mass is 35.5. The van der Waals surface area contributed by atoms with Crippen LogP contribution in [-0.2, 0) is 0 Å². The molecule has 3 rings (SSSR count). The third kappa shape index (κ3) is 2.44. The van der Waals surface area contributed by atoms with Gasteiger partial charge >= 0.3 is 0 Å². The first-order valence-corrected chi connectivity index (χ1v) is 7.51. The number of hydrogen-bond acceptors (Lipinski definition) is 4. The molecular weight excluding hydrogens is 292 g/mol. The number of aryl methyl sites for hydroxylation is 1. The van der Waals surface area contributed by atoms with Crippen LogP contribution in [0.1, 0.15) is 16.2 Å². The van der Waals surface area contributed by atoms with Crippen LogP contribution in [0.3, 0.4) is 0 Å². The van der Waals surface area contributed by atoms with E-state index in [-0.39, 0.29) is 11.7 Å². The van der Waals surface area contributed by atoms with E-state index in [1.165, 1.54) is 11.3 Å². The van der Waals surface area contributed by atoms with Gasteiger partial charge in [0, 0.05) is 22.0 Å². The van der Waals surface area contributed by atoms with E-state index in [0.717, 1.165) is 27.2 Å². The Morgan fingerprint density at radius 2 is 2.10 bits per heavy atom. The minimum Gasteiger partial charge on any atom is -0.291 e. The van der Waals surface area contributed by atoms with Crippen molar-refractivity contribution in [2.45, 2.75) is 6.92 Å². The van der Waals surface area contributed by atoms with Gasteiger partial charge in [0.15, 0.2) is 5.78 Å². The summed E-state index contributed by atoms with van der Waals surface area (Å²) in [5.41, 5.74) is 3.38. The van der Waals surface area contributed by atoms with Crippen molar-refractivity contribution in [1.82, 2.24) is 9.97 Å². The quantitative estimate of drug-likeness (QED) is 0.540. The Labute approximate surface area is 125 Å². The Bertz CT molecular complexity index is 797. The lowest BCUT2D eigenvalue weighted by atomic mass is 10.1. The van der Waals surface area contributed by atoms with Gasteiger partial charge in [-0.05, 0) is 31.2 Å². The van der Waals surface area contributed by atoms with Crippen LogP contribution in [0.15, 0.2) is 35.7 Å². The van der Waals surface area contributed by atoms with Crippen molar-refractivity contribution in [2.24, 2.45) is 0 Å². The zero-order chi connectivity index (χ0) is 14.1. The molecule has 2 heterocycles. The lowest BCUT2D eigenvalue weighted by Gasteiger charge is -2.01. The fourth-order valence-electron chi connectivity index (χ4n) is 1.96. The number of hydrogen-bond donors (Lipinski definition) is 0. The molecule has 0 unspecified atom stereocenters. The molecule has 1 aromatic carbocycles. The molecule has 0 bridgehead atoms. The molecule has 0 N–H and O–H groups in total. The lowest BCUT2D eigenvalue weighted by Crippen LogP contribution is -2.00. The molecule has 0 amide bonds. The molecule has 0 atom stereocenters. The van der Waals surface area contributed by atoms with Gasteiger partial charge in [0.05, 0.1) is 11.4 Å². The number of fused-ring (bicyclic) bond motifs is 1. The maximum absolute atomic E-state index is 11.5. The summed E-state index contributed by atoms with van der Waals surface area (Å²) in [5, 5.41) is 3.63. The minimum absolute atomic E-state index is 0.0376. The second-order valence-corrected chi connectivity index (χ2v) is 5.58. The molecule has 0 fully saturated rings. The van der Waals surface area contributed by atoms with Crippen molar-refractivity contribution in [1.29, 1.82) is 0 Å². The van der Waals surface area contributed by atoms with E-state index in [1.54, 1.807) is 5.38 Å². The maximum Gasteiger partial charge on any atom is 0.196 e. The van der Waals surface area contributed by atoms with Crippen LogP contribution in [0.2, 0.25) is 0 Å². The number of alkyl halides is 1. The van der Waals surface area contributed by atoms with E-state index in [9.17, 15) is 4.79 Å². The van der Waals surface area contributed by atoms with Crippen LogP contribution in [-0.4, -0.2) is 21.6 Å². The first-order chi connectivity index (χ1) is 9.67. The van der Waals surface area contributed by atoms with E-state index in [1.807, 2.05) is 37.3 Å². The van der Waals surface area contributed by atoms with Gasteiger partial charge in [0.2, 0.25) is 0 Å². The van der Waals surface area contributed by atoms with Crippen molar-refractivity contribution >= 4 is 39.6 Å². The van der Waals surface area contributed by atoms with Gasteiger partial charge in [-0.15, -0.1) is 22.9 Å². The van der Waals surface area contributed by atoms with E-state index in [0.29, 0.717) is 5.69 Å². The fourth-order valence-corrected chi connectivity index (χ4v) is 2.92. The molecule has 0 aliphatic heterocycles. The van der Waals surface area contributed by atoms with Crippen molar-refractivity contribution in [3.63, 3.8) is 0 Å². The summed E-state index contributed by atoms with van der Waals surface area (Å²) in [6, 6.07) is 10.0. The van der Waals surface area contributed by atoms with Gasteiger partial charge in [0.1, 0.15) is 10.7 Å². The van der Waals surface area contributed by atoms with Gasteiger partial charge in [-0.25, -0.2) is 4.98 Å². The summed E-state index contributed by atoms with van der Waals surface area (Å²) in [6.45, 7) is 1.97. The zero-order valence-electron chi connectivity index (χ0n) is 10.8. The predicted molar refractivity (Wildman–Crippen MR) is 82.6 cm³/mol. The van der Waals surface area contributed by atoms with E-state index < -0.39 is 0 Å². The summed E-state index contributed by atoms with van der Waals surface area (Å²) < 4.78 is 0. The number of carbonyl (C=O) groups is 1. The van der Waals surface area contributed by atoms with E-state index in [2.05, 4.69) is 9.97 Å². The average molecular weight is 303 g/mol. The van der Waals surface area contributed by atoms with Gasteiger partial charge < -0.3 is 0 Å². The second-order valence-electron chi connectivity index (χ2n) is 4.45. The van der Waals surface area contributed by atoms with Gasteiger partial charge in [-0.1, -0.05) is 6.07 Å². The topological polar surface area (TPSA) is 42.9 Å². The molecule has 2 aromatic heterocycles. The molecule has 5 heteroatoms. The van der Waals surface area contributed by atoms with Crippen LogP contribution in [0, 0.1) is 6.92 Å². The molecule has 0 saturated heterocycles. The average Bonchev–Trinajstić information content (AvgIpc) is 2.95. The number of Topliss-reactive ketones (excluding diaryl/α,β-unsaturated/α-hetero) is 1. The Kier molecular flexibility index (Phi) is 3.51. The van der Waals surface area contributed by atoms with Gasteiger partial charge in [-0.3, -0.25) is 9.78 Å². The lowest BCUT2D eigenvalue weighted by molar-refractivity contribution is 0.101. The standard InChI is InChI=1S/C15H11ClN2OS/c1-9-2-3-10-6-11(4-5-12(10)17-9)15-18-13(8-20-15)14(19)7-16/h2-6,8H,7H2,1H3. The number of carbonyl (C=O) groups excluding carboxylic acids is 1. The maximum atomic E-state index is 11.5. The molecule has 0 saturated carbocycles. The summed E-state index contributed by atoms with van der Waals surface area (Å²) in [6.07, 6.45) is 0. The summed E-state index contributed by atoms with van der Waals surface area (Å²) in [4.78, 5) is 20.3. The normalized spacial score (nSPS) is 10.9. The Morgan fingerprint density at radius 1 is 1.25 bits per heavy atom. The van der Waals surface area contributed by atoms with E-state index >= 15 is 0 Å². The molecule has 0 aliphatic carbocycles. The number of rotatable bonds is 3. The molecule has 3 aromatic rings. The molecule has 3 nitrogen and oxygen atoms in total. The first kappa shape index (κ1) is 13.2. The molecule has 20 heavy (non-hydrogen) atoms. The minimum atomic E-state index is -0.146. The number of halogens is 1. The van der Waals surface area contributed by atoms with Crippen LogP contribution in [0.5, 0.6) is 0 Å². The first-order valence-electron chi connectivity index (χ1n) is 6.10. The Morgan fingerprint density at radius 3 is 2.90 bits per heavy atom. The Hall–Kier alpha value is -1.78. The van der Waals surface area contributed by atoms with Crippen molar-refractivity contribution in [2.75, 3.05) is 5.88 Å². The second kappa shape index (κ2) is 5.31. The summed E-state index contributed by atoms with van der Waals surface area (Å²) >= 11 is 6.99. The molecule has 100 valence electrons. The largest absolute Gasteiger partial charge is 0.291 e. The SMILES string of the molecule is Cc1ccc2cc(-c3nc(C(=O)CCl)cs3)ccc2n1. The number of aromatic nitrogens is 2. The number of pyridine rings is 1. The molecule has 0 aliphatic rings. The van der Waals surface area contributed by atoms with Crippen molar-refractivity contribution in [3.05, 3.63) is 47.1 Å². The fraction of sp³-hybridized carbons (Fsp3) is 0.133. The van der Waals surface area contributed by atoms with Crippen molar-refractivity contribution in [3.8, 4) is 10.6 Å². The third-order valence-electron chi connectivity index (χ3n) is 2.99. The third-order valence-corrected chi connectivity index (χ3v) is 4.12. The van der Waals surface area contributed by atoms with Crippen LogP contribution in [0.25, 0.3) is 21.5 Å². The van der Waals surface area contributed by atoms with Crippen LogP contribution in [0.4, 0.5) is 0 Å². The highest BCUT2D eigenvalue weighted by molar-refractivity contribution is 7.13. The molecular formula is C15H11ClN2OS. The van der Waals surface area contributed by atoms with Gasteiger partial charge in [-0.2, -0.15) is 0 Å². The number of thiazole rings is 1. The monoisotopic (exact) mass is 302 g/mol. The van der Waals surface area contributed by atoms with Crippen LogP contribution >= 0.6 is 22.9 Å². The number of ketones is 1. The van der Waals surface area contributed by atoms with Crippen LogP contribution < -0.4 is 0 Å². The smallest absolute Gasteiger partial charge is 0.196 e. The number of nitrogens with zero attached hydrogens (tertiary/aromatic N) is 2. The Balaban J connectivity index is 2.03. The van der Waals surface area contributed by atoms with Crippen molar-refractivity contribution < 1.29 is 4.79 Å². The zero-order valence-corrected chi connectivity index (χ0v) is 12.3. The number of benzene rings is 1. The highest BCUT2D eigenvalue weighted by Crippen LogP contribution is 2.27. The van der Waals surface area contributed by atoms with Gasteiger partial charge in [0.25, 0.3) is 0 Å². The van der Waals surface area contributed by atoms with E-state index in [4.69, 9.17) is 11.6 Å². The molecule has 0 spiro atoms. The predicted octanol–water partition coefficient (Wildman–Crippen LogP) is 4.09.